The molecule has 1 fully saturated rings. The fraction of sp³-hybridized carbons (Fsp3) is 0.267. The van der Waals surface area contributed by atoms with Gasteiger partial charge in [0, 0.05) is 53.1 Å². The molecule has 200 valence electrons. The summed E-state index contributed by atoms with van der Waals surface area (Å²) in [5.41, 5.74) is 6.66. The largest absolute Gasteiger partial charge is 0.353 e. The van der Waals surface area contributed by atoms with E-state index < -0.39 is 0 Å². The van der Waals surface area contributed by atoms with Gasteiger partial charge in [-0.1, -0.05) is 19.3 Å². The van der Waals surface area contributed by atoms with Gasteiger partial charge in [-0.05, 0) is 49.9 Å². The van der Waals surface area contributed by atoms with Crippen LogP contribution in [-0.2, 0) is 4.79 Å². The average Bonchev–Trinajstić information content (AvgIpc) is 3.71. The van der Waals surface area contributed by atoms with Crippen LogP contribution in [0.3, 0.4) is 0 Å². The van der Waals surface area contributed by atoms with Gasteiger partial charge in [0.2, 0.25) is 5.91 Å². The van der Waals surface area contributed by atoms with Crippen molar-refractivity contribution in [2.45, 2.75) is 45.4 Å². The third-order valence-corrected chi connectivity index (χ3v) is 7.72. The molecular formula is C30H29N9O. The molecule has 6 aromatic rings. The van der Waals surface area contributed by atoms with E-state index in [2.05, 4.69) is 52.6 Å². The lowest BCUT2D eigenvalue weighted by molar-refractivity contribution is -0.117. The van der Waals surface area contributed by atoms with Gasteiger partial charge in [-0.2, -0.15) is 5.10 Å². The molecule has 0 bridgehead atoms. The minimum Gasteiger partial charge on any atom is -0.353 e. The van der Waals surface area contributed by atoms with Crippen LogP contribution in [0.25, 0.3) is 50.3 Å². The van der Waals surface area contributed by atoms with E-state index in [1.807, 2.05) is 29.8 Å². The summed E-state index contributed by atoms with van der Waals surface area (Å²) in [6, 6.07) is 8.02. The minimum absolute atomic E-state index is 0.0510. The fourth-order valence-corrected chi connectivity index (χ4v) is 5.71. The zero-order valence-corrected chi connectivity index (χ0v) is 22.2. The van der Waals surface area contributed by atoms with Gasteiger partial charge >= 0.3 is 0 Å². The SMILES string of the molecule is Cc1cn(-c2nccc3[nH]c(-c4[nH]nc5ncc(-c6cncc(NC(=O)CC7CCCCC7)c6)cc45)cc23)cn1. The number of rotatable bonds is 6. The summed E-state index contributed by atoms with van der Waals surface area (Å²) in [7, 11) is 0. The predicted molar refractivity (Wildman–Crippen MR) is 154 cm³/mol. The second kappa shape index (κ2) is 10.0. The van der Waals surface area contributed by atoms with Crippen LogP contribution < -0.4 is 5.32 Å². The lowest BCUT2D eigenvalue weighted by Crippen LogP contribution is -2.18. The number of aromatic amines is 2. The third-order valence-electron chi connectivity index (χ3n) is 7.72. The number of hydrogen-bond donors (Lipinski definition) is 3. The van der Waals surface area contributed by atoms with Gasteiger partial charge in [0.25, 0.3) is 0 Å². The van der Waals surface area contributed by atoms with Crippen LogP contribution in [0.15, 0.2) is 61.6 Å². The summed E-state index contributed by atoms with van der Waals surface area (Å²) < 4.78 is 1.92. The van der Waals surface area contributed by atoms with E-state index in [9.17, 15) is 4.79 Å². The van der Waals surface area contributed by atoms with Crippen molar-refractivity contribution in [3.8, 4) is 28.3 Å². The lowest BCUT2D eigenvalue weighted by atomic mass is 9.87. The highest BCUT2D eigenvalue weighted by Crippen LogP contribution is 2.33. The standard InChI is InChI=1S/C30H29N9O/c1-18-16-39(17-34-18)30-23-12-26(36-25(23)7-8-32-30)28-24-11-21(14-33-29(24)38-37-28)20-10-22(15-31-13-20)35-27(40)9-19-5-3-2-4-6-19/h7-8,10-17,19,36H,2-6,9H2,1H3,(H,35,40)(H,33,37,38). The number of aromatic nitrogens is 8. The summed E-state index contributed by atoms with van der Waals surface area (Å²) >= 11 is 0. The number of carbonyl (C=O) groups is 1. The molecule has 0 spiro atoms. The smallest absolute Gasteiger partial charge is 0.224 e. The molecule has 10 nitrogen and oxygen atoms in total. The summed E-state index contributed by atoms with van der Waals surface area (Å²) in [4.78, 5) is 34.1. The molecule has 0 aliphatic heterocycles. The molecule has 7 rings (SSSR count). The van der Waals surface area contributed by atoms with Crippen molar-refractivity contribution in [2.75, 3.05) is 5.32 Å². The van der Waals surface area contributed by atoms with E-state index >= 15 is 0 Å². The molecule has 0 radical (unpaired) electrons. The quantitative estimate of drug-likeness (QED) is 0.243. The molecule has 40 heavy (non-hydrogen) atoms. The Bertz CT molecular complexity index is 1840. The molecule has 0 saturated heterocycles. The van der Waals surface area contributed by atoms with Gasteiger partial charge in [-0.25, -0.2) is 15.0 Å². The van der Waals surface area contributed by atoms with Crippen molar-refractivity contribution in [3.63, 3.8) is 0 Å². The lowest BCUT2D eigenvalue weighted by Gasteiger charge is -2.20. The monoisotopic (exact) mass is 531 g/mol. The van der Waals surface area contributed by atoms with E-state index in [1.165, 1.54) is 19.3 Å². The Hall–Kier alpha value is -4.86. The zero-order valence-electron chi connectivity index (χ0n) is 22.2. The van der Waals surface area contributed by atoms with Crippen molar-refractivity contribution < 1.29 is 4.79 Å². The summed E-state index contributed by atoms with van der Waals surface area (Å²) in [6.45, 7) is 1.96. The highest BCUT2D eigenvalue weighted by Gasteiger charge is 2.18. The van der Waals surface area contributed by atoms with Gasteiger partial charge in [-0.15, -0.1) is 0 Å². The highest BCUT2D eigenvalue weighted by molar-refractivity contribution is 5.98. The van der Waals surface area contributed by atoms with E-state index in [1.54, 1.807) is 31.1 Å². The summed E-state index contributed by atoms with van der Waals surface area (Å²) in [6.07, 6.45) is 17.3. The number of nitrogens with one attached hydrogen (secondary N) is 3. The van der Waals surface area contributed by atoms with Crippen molar-refractivity contribution in [3.05, 3.63) is 67.3 Å². The zero-order chi connectivity index (χ0) is 27.1. The first-order valence-corrected chi connectivity index (χ1v) is 13.7. The molecule has 1 aliphatic rings. The number of carbonyl (C=O) groups excluding carboxylic acids is 1. The Morgan fingerprint density at radius 2 is 1.90 bits per heavy atom. The molecule has 6 heterocycles. The number of nitrogens with zero attached hydrogens (tertiary/aromatic N) is 6. The number of hydrogen-bond acceptors (Lipinski definition) is 6. The summed E-state index contributed by atoms with van der Waals surface area (Å²) in [5.74, 6) is 1.34. The van der Waals surface area contributed by atoms with Crippen LogP contribution in [0.2, 0.25) is 0 Å². The Balaban J connectivity index is 1.19. The van der Waals surface area contributed by atoms with E-state index in [0.717, 1.165) is 63.2 Å². The minimum atomic E-state index is 0.0510. The Morgan fingerprint density at radius 3 is 2.75 bits per heavy atom. The highest BCUT2D eigenvalue weighted by atomic mass is 16.1. The Kier molecular flexibility index (Phi) is 6.07. The normalized spacial score (nSPS) is 14.2. The number of aryl methyl sites for hydroxylation is 1. The molecule has 0 aromatic carbocycles. The number of imidazole rings is 1. The number of fused-ring (bicyclic) bond motifs is 2. The number of pyridine rings is 3. The molecule has 6 aromatic heterocycles. The van der Waals surface area contributed by atoms with E-state index in [4.69, 9.17) is 0 Å². The van der Waals surface area contributed by atoms with Crippen LogP contribution >= 0.6 is 0 Å². The first kappa shape index (κ1) is 24.2. The number of anilines is 1. The van der Waals surface area contributed by atoms with Crippen molar-refractivity contribution in [2.24, 2.45) is 5.92 Å². The molecule has 10 heteroatoms. The van der Waals surface area contributed by atoms with Gasteiger partial charge in [0.1, 0.15) is 12.1 Å². The maximum atomic E-state index is 12.7. The van der Waals surface area contributed by atoms with Gasteiger partial charge in [0.15, 0.2) is 5.65 Å². The average molecular weight is 532 g/mol. The first-order chi connectivity index (χ1) is 19.6. The molecule has 0 atom stereocenters. The second-order valence-corrected chi connectivity index (χ2v) is 10.6. The van der Waals surface area contributed by atoms with Gasteiger partial charge < -0.3 is 10.3 Å². The van der Waals surface area contributed by atoms with Crippen molar-refractivity contribution >= 4 is 33.5 Å². The number of H-pyrrole nitrogens is 2. The maximum Gasteiger partial charge on any atom is 0.224 e. The Morgan fingerprint density at radius 1 is 1.02 bits per heavy atom. The van der Waals surface area contributed by atoms with Gasteiger partial charge in [0.05, 0.1) is 34.5 Å². The fourth-order valence-electron chi connectivity index (χ4n) is 5.71. The first-order valence-electron chi connectivity index (χ1n) is 13.7. The van der Waals surface area contributed by atoms with E-state index in [-0.39, 0.29) is 5.91 Å². The van der Waals surface area contributed by atoms with E-state index in [0.29, 0.717) is 23.7 Å². The van der Waals surface area contributed by atoms with Crippen molar-refractivity contribution in [1.82, 2.24) is 39.7 Å². The molecule has 0 unspecified atom stereocenters. The Labute approximate surface area is 230 Å². The maximum absolute atomic E-state index is 12.7. The van der Waals surface area contributed by atoms with Crippen LogP contribution in [0.4, 0.5) is 5.69 Å². The van der Waals surface area contributed by atoms with Crippen LogP contribution in [0, 0.1) is 12.8 Å². The molecule has 1 aliphatic carbocycles. The van der Waals surface area contributed by atoms with Gasteiger partial charge in [-0.3, -0.25) is 19.4 Å². The van der Waals surface area contributed by atoms with Crippen LogP contribution in [0.5, 0.6) is 0 Å². The van der Waals surface area contributed by atoms with Crippen molar-refractivity contribution in [1.29, 1.82) is 0 Å². The summed E-state index contributed by atoms with van der Waals surface area (Å²) in [5, 5.41) is 12.5. The van der Waals surface area contributed by atoms with Crippen LogP contribution in [0.1, 0.15) is 44.2 Å². The number of amides is 1. The molecule has 1 amide bonds. The third kappa shape index (κ3) is 4.61. The topological polar surface area (TPSA) is 130 Å². The molecule has 3 N–H and O–H groups in total. The van der Waals surface area contributed by atoms with Crippen LogP contribution in [-0.4, -0.2) is 45.6 Å². The molecule has 1 saturated carbocycles. The second-order valence-electron chi connectivity index (χ2n) is 10.6. The molecular weight excluding hydrogens is 502 g/mol. The predicted octanol–water partition coefficient (Wildman–Crippen LogP) is 5.97.